The molecule has 0 aliphatic carbocycles. The summed E-state index contributed by atoms with van der Waals surface area (Å²) < 4.78 is 0. The van der Waals surface area contributed by atoms with E-state index in [0.717, 1.165) is 0 Å². The molecular weight excluding hydrogens is 230 g/mol. The van der Waals surface area contributed by atoms with Gasteiger partial charge in [-0.2, -0.15) is 0 Å². The van der Waals surface area contributed by atoms with E-state index in [4.69, 9.17) is 0 Å². The summed E-state index contributed by atoms with van der Waals surface area (Å²) in [6.45, 7) is 0. The van der Waals surface area contributed by atoms with Crippen LogP contribution in [0.15, 0.2) is 42.9 Å². The molecule has 0 saturated heterocycles. The number of para-hydroxylation sites is 1. The van der Waals surface area contributed by atoms with Gasteiger partial charge < -0.3 is 10.4 Å². The highest BCUT2D eigenvalue weighted by molar-refractivity contribution is 6.05. The third-order valence-corrected chi connectivity index (χ3v) is 3.05. The van der Waals surface area contributed by atoms with E-state index in [-0.39, 0.29) is 6.42 Å². The monoisotopic (exact) mass is 241 g/mol. The number of carbonyl (C=O) groups excluding carboxylic acids is 1. The van der Waals surface area contributed by atoms with E-state index in [1.165, 1.54) is 6.20 Å². The molecule has 18 heavy (non-hydrogen) atoms. The van der Waals surface area contributed by atoms with Gasteiger partial charge in [-0.05, 0) is 6.07 Å². The van der Waals surface area contributed by atoms with Crippen LogP contribution in [0, 0.1) is 0 Å². The molecule has 0 saturated carbocycles. The number of carbonyl (C=O) groups is 1. The third kappa shape index (κ3) is 1.56. The number of nitrogens with zero attached hydrogens (tertiary/aromatic N) is 2. The molecule has 0 fully saturated rings. The van der Waals surface area contributed by atoms with Crippen molar-refractivity contribution in [3.8, 4) is 0 Å². The number of hydrogen-bond acceptors (Lipinski definition) is 4. The van der Waals surface area contributed by atoms with Gasteiger partial charge in [-0.3, -0.25) is 14.8 Å². The van der Waals surface area contributed by atoms with Gasteiger partial charge in [0.1, 0.15) is 0 Å². The summed E-state index contributed by atoms with van der Waals surface area (Å²) >= 11 is 0. The van der Waals surface area contributed by atoms with Crippen molar-refractivity contribution in [3.63, 3.8) is 0 Å². The van der Waals surface area contributed by atoms with Crippen molar-refractivity contribution in [1.29, 1.82) is 0 Å². The Kier molecular flexibility index (Phi) is 2.34. The minimum absolute atomic E-state index is 0.115. The first-order valence-electron chi connectivity index (χ1n) is 5.58. The fourth-order valence-electron chi connectivity index (χ4n) is 2.16. The van der Waals surface area contributed by atoms with Crippen LogP contribution < -0.4 is 5.32 Å². The van der Waals surface area contributed by atoms with Crippen molar-refractivity contribution in [2.24, 2.45) is 0 Å². The van der Waals surface area contributed by atoms with Crippen molar-refractivity contribution in [2.45, 2.75) is 12.0 Å². The lowest BCUT2D eigenvalue weighted by Crippen LogP contribution is -2.36. The molecule has 2 N–H and O–H groups in total. The Labute approximate surface area is 104 Å². The van der Waals surface area contributed by atoms with Crippen LogP contribution in [0.3, 0.4) is 0 Å². The van der Waals surface area contributed by atoms with Gasteiger partial charge in [0.15, 0.2) is 5.60 Å². The van der Waals surface area contributed by atoms with Crippen molar-refractivity contribution >= 4 is 11.6 Å². The zero-order valence-electron chi connectivity index (χ0n) is 9.50. The predicted molar refractivity (Wildman–Crippen MR) is 64.7 cm³/mol. The van der Waals surface area contributed by atoms with Crippen LogP contribution in [0.2, 0.25) is 0 Å². The molecule has 1 atom stereocenters. The lowest BCUT2D eigenvalue weighted by Gasteiger charge is -2.19. The number of nitrogens with one attached hydrogen (secondary N) is 1. The van der Waals surface area contributed by atoms with Gasteiger partial charge in [0, 0.05) is 36.3 Å². The van der Waals surface area contributed by atoms with Crippen LogP contribution in [-0.2, 0) is 16.8 Å². The molecule has 5 heteroatoms. The summed E-state index contributed by atoms with van der Waals surface area (Å²) in [4.78, 5) is 20.0. The molecule has 0 spiro atoms. The van der Waals surface area contributed by atoms with Gasteiger partial charge in [0.05, 0.1) is 5.69 Å². The number of amides is 1. The van der Waals surface area contributed by atoms with Crippen molar-refractivity contribution in [1.82, 2.24) is 9.97 Å². The Bertz CT molecular complexity index is 600. The van der Waals surface area contributed by atoms with E-state index in [1.54, 1.807) is 30.6 Å². The Hall–Kier alpha value is -2.27. The number of hydrogen-bond donors (Lipinski definition) is 2. The smallest absolute Gasteiger partial charge is 0.261 e. The molecule has 1 amide bonds. The van der Waals surface area contributed by atoms with E-state index in [1.807, 2.05) is 6.07 Å². The molecule has 1 unspecified atom stereocenters. The van der Waals surface area contributed by atoms with Gasteiger partial charge in [-0.15, -0.1) is 0 Å². The first kappa shape index (κ1) is 10.9. The van der Waals surface area contributed by atoms with Crippen molar-refractivity contribution < 1.29 is 9.90 Å². The number of aliphatic hydroxyl groups is 1. The number of fused-ring (bicyclic) bond motifs is 1. The highest BCUT2D eigenvalue weighted by Crippen LogP contribution is 2.37. The zero-order valence-corrected chi connectivity index (χ0v) is 9.50. The van der Waals surface area contributed by atoms with Crippen LogP contribution >= 0.6 is 0 Å². The van der Waals surface area contributed by atoms with Gasteiger partial charge in [-0.1, -0.05) is 18.2 Å². The van der Waals surface area contributed by atoms with Crippen molar-refractivity contribution in [2.75, 3.05) is 5.32 Å². The Morgan fingerprint density at radius 3 is 2.89 bits per heavy atom. The molecule has 0 bridgehead atoms. The maximum Gasteiger partial charge on any atom is 0.261 e. The number of aromatic nitrogens is 2. The highest BCUT2D eigenvalue weighted by atomic mass is 16.3. The van der Waals surface area contributed by atoms with E-state index in [9.17, 15) is 9.90 Å². The SMILES string of the molecule is O=C1Nc2ccccc2C1(O)Cc1cnccn1. The van der Waals surface area contributed by atoms with E-state index < -0.39 is 11.5 Å². The Morgan fingerprint density at radius 2 is 2.11 bits per heavy atom. The van der Waals surface area contributed by atoms with Crippen LogP contribution in [0.4, 0.5) is 5.69 Å². The standard InChI is InChI=1S/C13H11N3O2/c17-12-13(18,7-9-8-14-5-6-15-9)10-3-1-2-4-11(10)16-12/h1-6,8,18H,7H2,(H,16,17). The first-order chi connectivity index (χ1) is 8.70. The molecule has 5 nitrogen and oxygen atoms in total. The summed E-state index contributed by atoms with van der Waals surface area (Å²) in [5.41, 5.74) is 0.244. The minimum atomic E-state index is -1.56. The van der Waals surface area contributed by atoms with Crippen LogP contribution in [-0.4, -0.2) is 21.0 Å². The molecule has 2 aromatic rings. The molecule has 1 aromatic carbocycles. The first-order valence-corrected chi connectivity index (χ1v) is 5.58. The summed E-state index contributed by atoms with van der Waals surface area (Å²) in [6.07, 6.45) is 4.75. The van der Waals surface area contributed by atoms with Crippen LogP contribution in [0.5, 0.6) is 0 Å². The second-order valence-corrected chi connectivity index (χ2v) is 4.23. The normalized spacial score (nSPS) is 21.5. The largest absolute Gasteiger partial charge is 0.375 e. The van der Waals surface area contributed by atoms with E-state index in [2.05, 4.69) is 15.3 Å². The zero-order chi connectivity index (χ0) is 12.6. The predicted octanol–water partition coefficient (Wildman–Crippen LogP) is 0.859. The van der Waals surface area contributed by atoms with Crippen LogP contribution in [0.25, 0.3) is 0 Å². The van der Waals surface area contributed by atoms with Crippen molar-refractivity contribution in [3.05, 3.63) is 54.1 Å². The average Bonchev–Trinajstić information content (AvgIpc) is 2.63. The quantitative estimate of drug-likeness (QED) is 0.817. The van der Waals surface area contributed by atoms with Gasteiger partial charge in [0.25, 0.3) is 5.91 Å². The number of anilines is 1. The summed E-state index contributed by atoms with van der Waals surface area (Å²) in [5, 5.41) is 13.3. The fourth-order valence-corrected chi connectivity index (χ4v) is 2.16. The molecule has 3 rings (SSSR count). The maximum absolute atomic E-state index is 11.9. The average molecular weight is 241 g/mol. The lowest BCUT2D eigenvalue weighted by molar-refractivity contribution is -0.133. The molecule has 1 aromatic heterocycles. The van der Waals surface area contributed by atoms with Gasteiger partial charge in [0.2, 0.25) is 0 Å². The molecule has 90 valence electrons. The van der Waals surface area contributed by atoms with E-state index in [0.29, 0.717) is 16.9 Å². The molecule has 2 heterocycles. The summed E-state index contributed by atoms with van der Waals surface area (Å²) in [6, 6.07) is 7.11. The molecule has 0 radical (unpaired) electrons. The Balaban J connectivity index is 2.02. The lowest BCUT2D eigenvalue weighted by atomic mass is 9.90. The topological polar surface area (TPSA) is 75.1 Å². The van der Waals surface area contributed by atoms with Gasteiger partial charge in [-0.25, -0.2) is 0 Å². The maximum atomic E-state index is 11.9. The van der Waals surface area contributed by atoms with Crippen LogP contribution in [0.1, 0.15) is 11.3 Å². The second kappa shape index (κ2) is 3.89. The molecule has 1 aliphatic heterocycles. The molecular formula is C13H11N3O2. The van der Waals surface area contributed by atoms with E-state index >= 15 is 0 Å². The summed E-state index contributed by atoms with van der Waals surface area (Å²) in [5.74, 6) is -0.422. The Morgan fingerprint density at radius 1 is 1.28 bits per heavy atom. The minimum Gasteiger partial charge on any atom is -0.375 e. The van der Waals surface area contributed by atoms with Gasteiger partial charge >= 0.3 is 0 Å². The number of rotatable bonds is 2. The fraction of sp³-hybridized carbons (Fsp3) is 0.154. The molecule has 1 aliphatic rings. The third-order valence-electron chi connectivity index (χ3n) is 3.05. The number of benzene rings is 1. The highest BCUT2D eigenvalue weighted by Gasteiger charge is 2.45. The summed E-state index contributed by atoms with van der Waals surface area (Å²) in [7, 11) is 0. The second-order valence-electron chi connectivity index (χ2n) is 4.23.